The van der Waals surface area contributed by atoms with Crippen molar-refractivity contribution < 1.29 is 20.9 Å². The molecule has 3 saturated heterocycles. The summed E-state index contributed by atoms with van der Waals surface area (Å²) >= 11 is 2.49. The first-order valence-electron chi connectivity index (χ1n) is 10.2. The molecule has 0 atom stereocenters. The zero-order chi connectivity index (χ0) is 21.8. The SMILES string of the molecule is CC(C)(C)N(NC(=O)c1cccc(Cl)c1)C(=O)C[CH2][Ge]12[O]CCN(CC[O]1)CC[O]2. The van der Waals surface area contributed by atoms with Crippen LogP contribution >= 0.6 is 11.6 Å². The van der Waals surface area contributed by atoms with Crippen LogP contribution in [0.2, 0.25) is 10.3 Å². The molecule has 2 amide bonds. The van der Waals surface area contributed by atoms with Crippen molar-refractivity contribution in [1.29, 1.82) is 0 Å². The summed E-state index contributed by atoms with van der Waals surface area (Å²) in [6, 6.07) is 6.62. The first kappa shape index (κ1) is 23.5. The topological polar surface area (TPSA) is 80.3 Å². The van der Waals surface area contributed by atoms with Crippen LogP contribution in [0.3, 0.4) is 0 Å². The van der Waals surface area contributed by atoms with Crippen molar-refractivity contribution in [2.24, 2.45) is 0 Å². The predicted octanol–water partition coefficient (Wildman–Crippen LogP) is 2.32. The van der Waals surface area contributed by atoms with E-state index in [2.05, 4.69) is 10.3 Å². The van der Waals surface area contributed by atoms with E-state index in [9.17, 15) is 9.59 Å². The molecule has 3 heterocycles. The molecule has 0 radical (unpaired) electrons. The number of amides is 2. The van der Waals surface area contributed by atoms with E-state index in [0.29, 0.717) is 35.7 Å². The molecule has 0 spiro atoms. The Morgan fingerprint density at radius 1 is 1.13 bits per heavy atom. The number of rotatable bonds is 4. The minimum atomic E-state index is -3.50. The third-order valence-corrected chi connectivity index (χ3v) is 11.2. The van der Waals surface area contributed by atoms with E-state index in [-0.39, 0.29) is 18.2 Å². The third-order valence-electron chi connectivity index (χ3n) is 5.05. The summed E-state index contributed by atoms with van der Waals surface area (Å²) in [5.41, 5.74) is 2.52. The second-order valence-electron chi connectivity index (χ2n) is 8.42. The maximum atomic E-state index is 13.1. The van der Waals surface area contributed by atoms with Gasteiger partial charge in [0.15, 0.2) is 0 Å². The van der Waals surface area contributed by atoms with Gasteiger partial charge in [0, 0.05) is 0 Å². The van der Waals surface area contributed by atoms with Gasteiger partial charge in [0.2, 0.25) is 0 Å². The summed E-state index contributed by atoms with van der Waals surface area (Å²) < 4.78 is 18.1. The summed E-state index contributed by atoms with van der Waals surface area (Å²) in [5.74, 6) is -0.597. The average Bonchev–Trinajstić information content (AvgIpc) is 2.63. The molecule has 1 N–H and O–H groups in total. The summed E-state index contributed by atoms with van der Waals surface area (Å²) in [6.07, 6.45) is 0.177. The molecule has 10 heteroatoms. The van der Waals surface area contributed by atoms with E-state index >= 15 is 0 Å². The molecule has 2 bridgehead atoms. The van der Waals surface area contributed by atoms with Gasteiger partial charge in [-0.1, -0.05) is 0 Å². The van der Waals surface area contributed by atoms with Gasteiger partial charge in [-0.05, 0) is 0 Å². The van der Waals surface area contributed by atoms with E-state index in [1.807, 2.05) is 20.8 Å². The van der Waals surface area contributed by atoms with Crippen molar-refractivity contribution in [3.05, 3.63) is 34.9 Å². The van der Waals surface area contributed by atoms with Crippen LogP contribution in [0.25, 0.3) is 0 Å². The normalized spacial score (nSPS) is 24.5. The average molecular weight is 501 g/mol. The van der Waals surface area contributed by atoms with Crippen LogP contribution in [0.15, 0.2) is 24.3 Å². The second-order valence-corrected chi connectivity index (χ2v) is 14.6. The van der Waals surface area contributed by atoms with Crippen molar-refractivity contribution in [2.45, 2.75) is 38.0 Å². The third kappa shape index (κ3) is 6.18. The quantitative estimate of drug-likeness (QED) is 0.505. The number of carbonyl (C=O) groups is 2. The summed E-state index contributed by atoms with van der Waals surface area (Å²) in [7, 11) is 0. The molecule has 3 aliphatic heterocycles. The number of hydrogen-bond donors (Lipinski definition) is 1. The molecule has 1 aromatic carbocycles. The van der Waals surface area contributed by atoms with Crippen LogP contribution in [0.4, 0.5) is 0 Å². The maximum absolute atomic E-state index is 13.1. The van der Waals surface area contributed by atoms with Crippen LogP contribution in [-0.4, -0.2) is 81.0 Å². The number of fused-ring (bicyclic) bond motifs is 6. The van der Waals surface area contributed by atoms with Crippen molar-refractivity contribution in [3.8, 4) is 0 Å². The Balaban J connectivity index is 1.67. The molecule has 8 nitrogen and oxygen atoms in total. The zero-order valence-corrected chi connectivity index (χ0v) is 20.6. The summed E-state index contributed by atoms with van der Waals surface area (Å²) in [4.78, 5) is 28.1. The number of halogens is 1. The van der Waals surface area contributed by atoms with Gasteiger partial charge in [0.1, 0.15) is 0 Å². The van der Waals surface area contributed by atoms with Crippen LogP contribution in [0.1, 0.15) is 37.6 Å². The minimum absolute atomic E-state index is 0.177. The Kier molecular flexibility index (Phi) is 7.81. The molecular weight excluding hydrogens is 470 g/mol. The molecule has 0 unspecified atom stereocenters. The number of nitrogens with one attached hydrogen (secondary N) is 1. The second kappa shape index (κ2) is 9.97. The number of nitrogens with zero attached hydrogens (tertiary/aromatic N) is 2. The van der Waals surface area contributed by atoms with E-state index in [0.717, 1.165) is 19.6 Å². The number of hydrogen-bond acceptors (Lipinski definition) is 6. The fourth-order valence-corrected chi connectivity index (χ4v) is 8.69. The monoisotopic (exact) mass is 501 g/mol. The van der Waals surface area contributed by atoms with Gasteiger partial charge >= 0.3 is 186 Å². The van der Waals surface area contributed by atoms with Crippen LogP contribution in [-0.2, 0) is 16.1 Å². The van der Waals surface area contributed by atoms with Gasteiger partial charge in [-0.25, -0.2) is 0 Å². The summed E-state index contributed by atoms with van der Waals surface area (Å²) in [6.45, 7) is 9.85. The van der Waals surface area contributed by atoms with Crippen molar-refractivity contribution >= 4 is 37.7 Å². The van der Waals surface area contributed by atoms with Gasteiger partial charge in [-0.2, -0.15) is 0 Å². The first-order chi connectivity index (χ1) is 14.2. The Labute approximate surface area is 186 Å². The van der Waals surface area contributed by atoms with Gasteiger partial charge in [0.05, 0.1) is 0 Å². The molecule has 0 saturated carbocycles. The molecule has 0 aliphatic carbocycles. The number of carbonyl (C=O) groups excluding carboxylic acids is 2. The fraction of sp³-hybridized carbons (Fsp3) is 0.600. The van der Waals surface area contributed by atoms with E-state index < -0.39 is 19.8 Å². The Bertz CT molecular complexity index is 747. The molecule has 3 fully saturated rings. The summed E-state index contributed by atoms with van der Waals surface area (Å²) in [5, 5.41) is 2.27. The van der Waals surface area contributed by atoms with Crippen molar-refractivity contribution in [3.63, 3.8) is 0 Å². The van der Waals surface area contributed by atoms with Gasteiger partial charge in [0.25, 0.3) is 0 Å². The molecule has 30 heavy (non-hydrogen) atoms. The molecule has 0 aromatic heterocycles. The van der Waals surface area contributed by atoms with Crippen LogP contribution < -0.4 is 5.43 Å². The molecule has 1 aromatic rings. The van der Waals surface area contributed by atoms with Crippen LogP contribution in [0.5, 0.6) is 0 Å². The zero-order valence-electron chi connectivity index (χ0n) is 17.8. The Hall–Kier alpha value is -1.17. The van der Waals surface area contributed by atoms with E-state index in [4.69, 9.17) is 22.9 Å². The molecule has 166 valence electrons. The van der Waals surface area contributed by atoms with E-state index in [1.54, 1.807) is 24.3 Å². The van der Waals surface area contributed by atoms with Gasteiger partial charge < -0.3 is 0 Å². The van der Waals surface area contributed by atoms with Crippen molar-refractivity contribution in [2.75, 3.05) is 39.5 Å². The standard InChI is InChI=1S/C20H30ClGeN3O5/c1-20(2,3)25(23-19(27)16-5-4-6-17(21)15-16)18(26)7-8-22-28-12-9-24(10-13-29-22)11-14-30-22/h4-6,15H,7-14H2,1-3H3,(H,23,27). The Morgan fingerprint density at radius 2 is 1.73 bits per heavy atom. The number of benzene rings is 1. The number of hydrazine groups is 1. The van der Waals surface area contributed by atoms with Gasteiger partial charge in [-0.15, -0.1) is 0 Å². The van der Waals surface area contributed by atoms with E-state index in [1.165, 1.54) is 5.01 Å². The van der Waals surface area contributed by atoms with Gasteiger partial charge in [-0.3, -0.25) is 0 Å². The fourth-order valence-electron chi connectivity index (χ4n) is 3.44. The Morgan fingerprint density at radius 3 is 2.27 bits per heavy atom. The first-order valence-corrected chi connectivity index (χ1v) is 14.7. The molecular formula is C20H30ClGeN3O5. The predicted molar refractivity (Wildman–Crippen MR) is 115 cm³/mol. The molecule has 4 rings (SSSR count). The molecule has 3 aliphatic rings. The van der Waals surface area contributed by atoms with Crippen LogP contribution in [0, 0.1) is 0 Å². The van der Waals surface area contributed by atoms with Crippen molar-refractivity contribution in [1.82, 2.24) is 15.3 Å².